The third kappa shape index (κ3) is 1.78. The summed E-state index contributed by atoms with van der Waals surface area (Å²) in [5.41, 5.74) is 2.15. The molecule has 4 aliphatic rings. The van der Waals surface area contributed by atoms with Crippen molar-refractivity contribution < 1.29 is 4.79 Å². The molecule has 3 fully saturated rings. The van der Waals surface area contributed by atoms with Crippen molar-refractivity contribution in [3.8, 4) is 0 Å². The topological polar surface area (TPSA) is 20.3 Å². The molecule has 1 heterocycles. The van der Waals surface area contributed by atoms with E-state index in [1.165, 1.54) is 44.3 Å². The van der Waals surface area contributed by atoms with E-state index in [0.29, 0.717) is 5.78 Å². The highest BCUT2D eigenvalue weighted by molar-refractivity contribution is 6.06. The van der Waals surface area contributed by atoms with Gasteiger partial charge in [0.1, 0.15) is 0 Å². The number of carbonyl (C=O) groups excluding carboxylic acids is 1. The molecule has 1 aromatic rings. The molecule has 1 spiro atoms. The first kappa shape index (κ1) is 15.1. The summed E-state index contributed by atoms with van der Waals surface area (Å²) in [6.45, 7) is 6.75. The van der Waals surface area contributed by atoms with Gasteiger partial charge >= 0.3 is 0 Å². The third-order valence-electron chi connectivity index (χ3n) is 8.27. The quantitative estimate of drug-likeness (QED) is 0.762. The Hall–Kier alpha value is -1.15. The Balaban J connectivity index is 1.43. The van der Waals surface area contributed by atoms with E-state index in [1.54, 1.807) is 0 Å². The highest BCUT2D eigenvalue weighted by atomic mass is 16.1. The van der Waals surface area contributed by atoms with Crippen LogP contribution in [0.15, 0.2) is 24.3 Å². The second-order valence-corrected chi connectivity index (χ2v) is 9.36. The summed E-state index contributed by atoms with van der Waals surface area (Å²) in [6, 6.07) is 9.27. The Morgan fingerprint density at radius 1 is 1.04 bits per heavy atom. The van der Waals surface area contributed by atoms with Crippen molar-refractivity contribution in [2.45, 2.75) is 63.8 Å². The maximum atomic E-state index is 13.0. The molecule has 2 saturated carbocycles. The van der Waals surface area contributed by atoms with Crippen LogP contribution < -0.4 is 0 Å². The molecule has 2 heteroatoms. The van der Waals surface area contributed by atoms with Crippen LogP contribution in [0.5, 0.6) is 0 Å². The van der Waals surface area contributed by atoms with Crippen LogP contribution in [0.4, 0.5) is 0 Å². The number of fused-ring (bicyclic) bond motifs is 4. The molecule has 5 rings (SSSR count). The van der Waals surface area contributed by atoms with Crippen molar-refractivity contribution >= 4 is 5.78 Å². The molecule has 0 amide bonds. The zero-order valence-corrected chi connectivity index (χ0v) is 15.1. The summed E-state index contributed by atoms with van der Waals surface area (Å²) in [4.78, 5) is 15.8. The van der Waals surface area contributed by atoms with Crippen LogP contribution >= 0.6 is 0 Å². The molecule has 0 N–H and O–H groups in total. The van der Waals surface area contributed by atoms with Gasteiger partial charge in [-0.3, -0.25) is 4.79 Å². The van der Waals surface area contributed by atoms with Crippen molar-refractivity contribution in [1.82, 2.24) is 4.90 Å². The maximum absolute atomic E-state index is 13.0. The predicted molar refractivity (Wildman–Crippen MR) is 96.3 cm³/mol. The first-order valence-electron chi connectivity index (χ1n) is 9.91. The summed E-state index contributed by atoms with van der Waals surface area (Å²) >= 11 is 0. The fraction of sp³-hybridized carbons (Fsp3) is 0.682. The van der Waals surface area contributed by atoms with Gasteiger partial charge in [-0.2, -0.15) is 0 Å². The SMILES string of the molecule is CC1(C)C(=O)c2ccccc2C12CCN([C@@H]1C[C@@H]3CC[C@@H]1C3)CC2. The van der Waals surface area contributed by atoms with Gasteiger partial charge in [-0.1, -0.05) is 44.5 Å². The third-order valence-corrected chi connectivity index (χ3v) is 8.27. The number of carbonyl (C=O) groups is 1. The van der Waals surface area contributed by atoms with Crippen molar-refractivity contribution in [3.63, 3.8) is 0 Å². The van der Waals surface area contributed by atoms with Crippen LogP contribution in [0.1, 0.15) is 68.3 Å². The predicted octanol–water partition coefficient (Wildman–Crippen LogP) is 4.43. The number of nitrogens with zero attached hydrogens (tertiary/aromatic N) is 1. The van der Waals surface area contributed by atoms with E-state index >= 15 is 0 Å². The van der Waals surface area contributed by atoms with Crippen molar-refractivity contribution in [3.05, 3.63) is 35.4 Å². The van der Waals surface area contributed by atoms with Gasteiger partial charge in [0.2, 0.25) is 0 Å². The summed E-state index contributed by atoms with van der Waals surface area (Å²) in [6.07, 6.45) is 8.17. The number of hydrogen-bond donors (Lipinski definition) is 0. The lowest BCUT2D eigenvalue weighted by molar-refractivity contribution is 0.0356. The molecule has 1 aliphatic heterocycles. The van der Waals surface area contributed by atoms with Gasteiger partial charge < -0.3 is 4.90 Å². The van der Waals surface area contributed by atoms with Crippen LogP contribution in [0.25, 0.3) is 0 Å². The fourth-order valence-electron chi connectivity index (χ4n) is 6.78. The van der Waals surface area contributed by atoms with Gasteiger partial charge in [0.05, 0.1) is 0 Å². The largest absolute Gasteiger partial charge is 0.300 e. The Kier molecular flexibility index (Phi) is 3.11. The minimum atomic E-state index is -0.253. The first-order valence-corrected chi connectivity index (χ1v) is 9.91. The number of Topliss-reactive ketones (excluding diaryl/α,β-unsaturated/α-hetero) is 1. The van der Waals surface area contributed by atoms with Crippen LogP contribution in [0.3, 0.4) is 0 Å². The molecule has 1 aromatic carbocycles. The minimum Gasteiger partial charge on any atom is -0.300 e. The zero-order chi connectivity index (χ0) is 16.5. The summed E-state index contributed by atoms with van der Waals surface area (Å²) < 4.78 is 0. The van der Waals surface area contributed by atoms with E-state index < -0.39 is 0 Å². The average Bonchev–Trinajstić information content (AvgIpc) is 3.27. The zero-order valence-electron chi connectivity index (χ0n) is 15.1. The second kappa shape index (κ2) is 4.94. The lowest BCUT2D eigenvalue weighted by Crippen LogP contribution is -2.53. The van der Waals surface area contributed by atoms with Crippen molar-refractivity contribution in [2.75, 3.05) is 13.1 Å². The van der Waals surface area contributed by atoms with Crippen LogP contribution in [-0.2, 0) is 5.41 Å². The van der Waals surface area contributed by atoms with Gasteiger partial charge in [0.25, 0.3) is 0 Å². The molecule has 2 nitrogen and oxygen atoms in total. The normalized spacial score (nSPS) is 36.4. The molecule has 0 unspecified atom stereocenters. The van der Waals surface area contributed by atoms with E-state index in [9.17, 15) is 4.79 Å². The molecule has 3 aliphatic carbocycles. The summed E-state index contributed by atoms with van der Waals surface area (Å²) in [5, 5.41) is 0. The molecule has 1 saturated heterocycles. The van der Waals surface area contributed by atoms with E-state index in [4.69, 9.17) is 0 Å². The molecule has 0 aromatic heterocycles. The molecule has 24 heavy (non-hydrogen) atoms. The minimum absolute atomic E-state index is 0.0643. The molecular weight excluding hydrogens is 294 g/mol. The number of likely N-dealkylation sites (tertiary alicyclic amines) is 1. The van der Waals surface area contributed by atoms with Gasteiger partial charge in [-0.05, 0) is 62.6 Å². The molecular formula is C22H29NO. The van der Waals surface area contributed by atoms with Gasteiger partial charge in [0.15, 0.2) is 5.78 Å². The van der Waals surface area contributed by atoms with Gasteiger partial charge in [-0.15, -0.1) is 0 Å². The summed E-state index contributed by atoms with van der Waals surface area (Å²) in [5.74, 6) is 2.35. The Morgan fingerprint density at radius 2 is 1.79 bits per heavy atom. The second-order valence-electron chi connectivity index (χ2n) is 9.36. The van der Waals surface area contributed by atoms with Crippen molar-refractivity contribution in [2.24, 2.45) is 17.3 Å². The molecule has 2 bridgehead atoms. The number of piperidine rings is 1. The number of hydrogen-bond acceptors (Lipinski definition) is 2. The Labute approximate surface area is 145 Å². The monoisotopic (exact) mass is 323 g/mol. The molecule has 0 radical (unpaired) electrons. The Bertz CT molecular complexity index is 683. The van der Waals surface area contributed by atoms with Crippen LogP contribution in [-0.4, -0.2) is 29.8 Å². The lowest BCUT2D eigenvalue weighted by atomic mass is 9.60. The number of ketones is 1. The van der Waals surface area contributed by atoms with E-state index in [0.717, 1.165) is 36.3 Å². The molecule has 3 atom stereocenters. The van der Waals surface area contributed by atoms with Crippen LogP contribution in [0, 0.1) is 17.3 Å². The highest BCUT2D eigenvalue weighted by Gasteiger charge is 2.58. The average molecular weight is 323 g/mol. The summed E-state index contributed by atoms with van der Waals surface area (Å²) in [7, 11) is 0. The Morgan fingerprint density at radius 3 is 2.46 bits per heavy atom. The standard InChI is InChI=1S/C22H29NO/c1-21(2)20(24)17-5-3-4-6-18(17)22(21)9-11-23(12-10-22)19-14-15-7-8-16(19)13-15/h3-6,15-16,19H,7-14H2,1-2H3/t15-,16-,19-/m1/s1. The van der Waals surface area contributed by atoms with Crippen molar-refractivity contribution in [1.29, 1.82) is 0 Å². The first-order chi connectivity index (χ1) is 11.5. The van der Waals surface area contributed by atoms with Gasteiger partial charge in [0, 0.05) is 22.4 Å². The maximum Gasteiger partial charge on any atom is 0.169 e. The van der Waals surface area contributed by atoms with E-state index in [1.807, 2.05) is 6.07 Å². The van der Waals surface area contributed by atoms with Gasteiger partial charge in [-0.25, -0.2) is 0 Å². The highest BCUT2D eigenvalue weighted by Crippen LogP contribution is 2.57. The lowest BCUT2D eigenvalue weighted by Gasteiger charge is -2.49. The van der Waals surface area contributed by atoms with Crippen LogP contribution in [0.2, 0.25) is 0 Å². The number of rotatable bonds is 1. The van der Waals surface area contributed by atoms with E-state index in [-0.39, 0.29) is 10.8 Å². The fourth-order valence-corrected chi connectivity index (χ4v) is 6.78. The smallest absolute Gasteiger partial charge is 0.169 e. The number of benzene rings is 1. The van der Waals surface area contributed by atoms with E-state index in [2.05, 4.69) is 36.9 Å². The molecule has 128 valence electrons.